The fourth-order valence-corrected chi connectivity index (χ4v) is 6.12. The zero-order valence-electron chi connectivity index (χ0n) is 22.4. The standard InChI is InChI=1S/C31H30ClN3O5S/c32-24-8-6-22(33-30(36)21-5-9-26-27(16-21)40-15-14-39-26)18-25(24)34-31(37)29-17-20-4-7-23(19-28(20)41-29)38-13-3-12-35-10-1-2-11-35/h4-9,16-19H,1-3,10-15H2,(H,33,36)(H,34,37). The number of thiophene rings is 1. The largest absolute Gasteiger partial charge is 0.493 e. The molecule has 3 heterocycles. The number of halogens is 1. The summed E-state index contributed by atoms with van der Waals surface area (Å²) < 4.78 is 18.0. The molecule has 2 N–H and O–H groups in total. The number of hydrogen-bond donors (Lipinski definition) is 2. The molecular formula is C31H30ClN3O5S. The second-order valence-electron chi connectivity index (χ2n) is 10.0. The lowest BCUT2D eigenvalue weighted by Crippen LogP contribution is -2.21. The first-order valence-electron chi connectivity index (χ1n) is 13.7. The van der Waals surface area contributed by atoms with Crippen molar-refractivity contribution in [3.05, 3.63) is 76.1 Å². The molecule has 3 aromatic carbocycles. The van der Waals surface area contributed by atoms with Gasteiger partial charge in [-0.2, -0.15) is 0 Å². The van der Waals surface area contributed by atoms with Gasteiger partial charge in [-0.15, -0.1) is 11.3 Å². The van der Waals surface area contributed by atoms with Crippen LogP contribution >= 0.6 is 22.9 Å². The smallest absolute Gasteiger partial charge is 0.265 e. The summed E-state index contributed by atoms with van der Waals surface area (Å²) in [4.78, 5) is 29.0. The Morgan fingerprint density at radius 2 is 1.73 bits per heavy atom. The van der Waals surface area contributed by atoms with E-state index < -0.39 is 0 Å². The third-order valence-electron chi connectivity index (χ3n) is 7.08. The Bertz CT molecular complexity index is 1580. The number of fused-ring (bicyclic) bond motifs is 2. The second-order valence-corrected chi connectivity index (χ2v) is 11.5. The van der Waals surface area contributed by atoms with Gasteiger partial charge in [-0.25, -0.2) is 0 Å². The summed E-state index contributed by atoms with van der Waals surface area (Å²) in [5.74, 6) is 1.35. The van der Waals surface area contributed by atoms with Crippen LogP contribution in [0.25, 0.3) is 10.1 Å². The molecule has 1 aromatic heterocycles. The van der Waals surface area contributed by atoms with Gasteiger partial charge in [-0.05, 0) is 98.4 Å². The van der Waals surface area contributed by atoms with Crippen LogP contribution in [0.5, 0.6) is 17.2 Å². The third kappa shape index (κ3) is 6.59. The van der Waals surface area contributed by atoms with Gasteiger partial charge >= 0.3 is 0 Å². The van der Waals surface area contributed by atoms with E-state index in [9.17, 15) is 9.59 Å². The average Bonchev–Trinajstić information content (AvgIpc) is 3.67. The maximum Gasteiger partial charge on any atom is 0.265 e. The van der Waals surface area contributed by atoms with Crippen molar-refractivity contribution in [1.29, 1.82) is 0 Å². The molecule has 0 bridgehead atoms. The molecule has 6 rings (SSSR count). The number of nitrogens with one attached hydrogen (secondary N) is 2. The minimum Gasteiger partial charge on any atom is -0.493 e. The van der Waals surface area contributed by atoms with E-state index in [1.807, 2.05) is 24.3 Å². The molecule has 8 nitrogen and oxygen atoms in total. The van der Waals surface area contributed by atoms with E-state index in [2.05, 4.69) is 15.5 Å². The number of ether oxygens (including phenoxy) is 3. The molecule has 0 spiro atoms. The molecule has 2 amide bonds. The van der Waals surface area contributed by atoms with Gasteiger partial charge in [-0.3, -0.25) is 9.59 Å². The van der Waals surface area contributed by atoms with Crippen molar-refractivity contribution in [2.75, 3.05) is 50.1 Å². The Balaban J connectivity index is 1.08. The Hall–Kier alpha value is -3.79. The van der Waals surface area contributed by atoms with Crippen LogP contribution in [0.15, 0.2) is 60.7 Å². The van der Waals surface area contributed by atoms with Gasteiger partial charge in [0.15, 0.2) is 11.5 Å². The molecule has 1 fully saturated rings. The number of anilines is 2. The van der Waals surface area contributed by atoms with Crippen molar-refractivity contribution < 1.29 is 23.8 Å². The molecule has 4 aromatic rings. The van der Waals surface area contributed by atoms with E-state index >= 15 is 0 Å². The Kier molecular flexibility index (Phi) is 8.27. The highest BCUT2D eigenvalue weighted by Crippen LogP contribution is 2.33. The van der Waals surface area contributed by atoms with Gasteiger partial charge in [-0.1, -0.05) is 11.6 Å². The molecule has 1 saturated heterocycles. The van der Waals surface area contributed by atoms with Crippen molar-refractivity contribution in [2.24, 2.45) is 0 Å². The van der Waals surface area contributed by atoms with Crippen molar-refractivity contribution >= 4 is 56.2 Å². The van der Waals surface area contributed by atoms with Crippen LogP contribution < -0.4 is 24.8 Å². The predicted molar refractivity (Wildman–Crippen MR) is 162 cm³/mol. The first-order valence-corrected chi connectivity index (χ1v) is 14.9. The Labute approximate surface area is 247 Å². The van der Waals surface area contributed by atoms with E-state index in [4.69, 9.17) is 25.8 Å². The molecule has 212 valence electrons. The molecule has 0 unspecified atom stereocenters. The van der Waals surface area contributed by atoms with Crippen LogP contribution in [0.3, 0.4) is 0 Å². The van der Waals surface area contributed by atoms with Crippen molar-refractivity contribution in [1.82, 2.24) is 4.90 Å². The van der Waals surface area contributed by atoms with E-state index in [-0.39, 0.29) is 11.8 Å². The zero-order chi connectivity index (χ0) is 28.2. The van der Waals surface area contributed by atoms with Gasteiger partial charge in [0.1, 0.15) is 19.0 Å². The first-order chi connectivity index (χ1) is 20.0. The van der Waals surface area contributed by atoms with Crippen molar-refractivity contribution in [3.63, 3.8) is 0 Å². The predicted octanol–water partition coefficient (Wildman–Crippen LogP) is 6.70. The van der Waals surface area contributed by atoms with E-state index in [1.54, 1.807) is 36.4 Å². The molecule has 0 radical (unpaired) electrons. The highest BCUT2D eigenvalue weighted by molar-refractivity contribution is 7.20. The summed E-state index contributed by atoms with van der Waals surface area (Å²) in [6.45, 7) is 5.03. The molecule has 0 atom stereocenters. The Morgan fingerprint density at radius 3 is 2.59 bits per heavy atom. The van der Waals surface area contributed by atoms with Crippen LogP contribution in [0.1, 0.15) is 39.3 Å². The minimum atomic E-state index is -0.319. The summed E-state index contributed by atoms with van der Waals surface area (Å²) in [7, 11) is 0. The number of carbonyl (C=O) groups is 2. The lowest BCUT2D eigenvalue weighted by molar-refractivity contribution is 0.102. The maximum atomic E-state index is 13.1. The average molecular weight is 592 g/mol. The van der Waals surface area contributed by atoms with E-state index in [0.29, 0.717) is 58.2 Å². The second kappa shape index (κ2) is 12.4. The lowest BCUT2D eigenvalue weighted by Gasteiger charge is -2.18. The molecule has 10 heteroatoms. The van der Waals surface area contributed by atoms with E-state index in [1.165, 1.54) is 37.3 Å². The zero-order valence-corrected chi connectivity index (χ0v) is 24.0. The summed E-state index contributed by atoms with van der Waals surface area (Å²) in [6, 6.07) is 17.7. The highest BCUT2D eigenvalue weighted by atomic mass is 35.5. The SMILES string of the molecule is O=C(Nc1ccc(Cl)c(NC(=O)c2cc3ccc(OCCCN4CCCC4)cc3s2)c1)c1ccc2c(c1)OCCO2. The van der Waals surface area contributed by atoms with E-state index in [0.717, 1.165) is 28.8 Å². The summed E-state index contributed by atoms with van der Waals surface area (Å²) in [5, 5.41) is 7.06. The molecule has 0 aliphatic carbocycles. The van der Waals surface area contributed by atoms with Crippen LogP contribution in [0.4, 0.5) is 11.4 Å². The highest BCUT2D eigenvalue weighted by Gasteiger charge is 2.17. The van der Waals surface area contributed by atoms with Crippen LogP contribution in [0, 0.1) is 0 Å². The minimum absolute atomic E-state index is 0.281. The first kappa shape index (κ1) is 27.4. The topological polar surface area (TPSA) is 89.1 Å². The number of rotatable bonds is 9. The van der Waals surface area contributed by atoms with Gasteiger partial charge in [0.05, 0.1) is 22.2 Å². The van der Waals surface area contributed by atoms with Crippen LogP contribution in [-0.2, 0) is 0 Å². The summed E-state index contributed by atoms with van der Waals surface area (Å²) in [6.07, 6.45) is 3.58. The summed E-state index contributed by atoms with van der Waals surface area (Å²) >= 11 is 7.78. The molecule has 2 aliphatic heterocycles. The summed E-state index contributed by atoms with van der Waals surface area (Å²) in [5.41, 5.74) is 1.32. The Morgan fingerprint density at radius 1 is 0.902 bits per heavy atom. The van der Waals surface area contributed by atoms with Gasteiger partial charge in [0, 0.05) is 22.5 Å². The third-order valence-corrected chi connectivity index (χ3v) is 8.50. The quantitative estimate of drug-likeness (QED) is 0.211. The number of likely N-dealkylation sites (tertiary alicyclic amines) is 1. The van der Waals surface area contributed by atoms with Gasteiger partial charge in [0.25, 0.3) is 11.8 Å². The molecule has 41 heavy (non-hydrogen) atoms. The number of carbonyl (C=O) groups excluding carboxylic acids is 2. The van der Waals surface area contributed by atoms with Crippen LogP contribution in [0.2, 0.25) is 5.02 Å². The molecule has 0 saturated carbocycles. The number of hydrogen-bond acceptors (Lipinski definition) is 7. The molecule has 2 aliphatic rings. The molecular weight excluding hydrogens is 562 g/mol. The van der Waals surface area contributed by atoms with Crippen molar-refractivity contribution in [2.45, 2.75) is 19.3 Å². The normalized spacial score (nSPS) is 14.7. The lowest BCUT2D eigenvalue weighted by atomic mass is 10.1. The number of amides is 2. The fraction of sp³-hybridized carbons (Fsp3) is 0.290. The number of benzene rings is 3. The monoisotopic (exact) mass is 591 g/mol. The van der Waals surface area contributed by atoms with Gasteiger partial charge in [0.2, 0.25) is 0 Å². The fourth-order valence-electron chi connectivity index (χ4n) is 4.97. The maximum absolute atomic E-state index is 13.1. The number of nitrogens with zero attached hydrogens (tertiary/aromatic N) is 1. The van der Waals surface area contributed by atoms with Crippen LogP contribution in [-0.4, -0.2) is 56.2 Å². The van der Waals surface area contributed by atoms with Gasteiger partial charge < -0.3 is 29.7 Å². The van der Waals surface area contributed by atoms with Crippen molar-refractivity contribution in [3.8, 4) is 17.2 Å².